The van der Waals surface area contributed by atoms with Crippen LogP contribution in [0.3, 0.4) is 0 Å². The summed E-state index contributed by atoms with van der Waals surface area (Å²) in [5.41, 5.74) is 1.51. The summed E-state index contributed by atoms with van der Waals surface area (Å²) in [5.74, 6) is 0.657. The molecule has 0 saturated carbocycles. The third kappa shape index (κ3) is 4.18. The molecule has 30 heavy (non-hydrogen) atoms. The minimum atomic E-state index is -0.584. The number of esters is 1. The van der Waals surface area contributed by atoms with Gasteiger partial charge in [-0.3, -0.25) is 4.79 Å². The van der Waals surface area contributed by atoms with E-state index in [-0.39, 0.29) is 24.6 Å². The number of nitrogens with zero attached hydrogens (tertiary/aromatic N) is 1. The first-order valence-corrected chi connectivity index (χ1v) is 10.0. The lowest BCUT2D eigenvalue weighted by Gasteiger charge is -2.10. The number of rotatable bonds is 7. The third-order valence-corrected chi connectivity index (χ3v) is 5.23. The molecule has 0 aliphatic heterocycles. The lowest BCUT2D eigenvalue weighted by atomic mass is 10.1. The quantitative estimate of drug-likeness (QED) is 0.456. The third-order valence-electron chi connectivity index (χ3n) is 4.36. The van der Waals surface area contributed by atoms with E-state index in [9.17, 15) is 9.59 Å². The zero-order chi connectivity index (χ0) is 20.9. The fourth-order valence-corrected chi connectivity index (χ4v) is 3.92. The van der Waals surface area contributed by atoms with Crippen molar-refractivity contribution in [3.8, 4) is 22.6 Å². The molecule has 1 N–H and O–H groups in total. The summed E-state index contributed by atoms with van der Waals surface area (Å²) in [4.78, 5) is 32.3. The van der Waals surface area contributed by atoms with Gasteiger partial charge in [-0.25, -0.2) is 9.78 Å². The van der Waals surface area contributed by atoms with Gasteiger partial charge in [0.15, 0.2) is 18.1 Å². The summed E-state index contributed by atoms with van der Waals surface area (Å²) in [6.45, 7) is -0.443. The van der Waals surface area contributed by atoms with E-state index in [0.29, 0.717) is 21.7 Å². The van der Waals surface area contributed by atoms with E-state index >= 15 is 0 Å². The first-order chi connectivity index (χ1) is 14.7. The molecular weight excluding hydrogens is 404 g/mol. The van der Waals surface area contributed by atoms with Crippen molar-refractivity contribution in [3.63, 3.8) is 0 Å². The Morgan fingerprint density at radius 1 is 1.07 bits per heavy atom. The van der Waals surface area contributed by atoms with Crippen molar-refractivity contribution in [2.24, 2.45) is 0 Å². The van der Waals surface area contributed by atoms with Gasteiger partial charge < -0.3 is 19.2 Å². The van der Waals surface area contributed by atoms with Gasteiger partial charge in [0.2, 0.25) is 0 Å². The van der Waals surface area contributed by atoms with Crippen LogP contribution < -0.4 is 15.0 Å². The maximum Gasteiger partial charge on any atom is 0.344 e. The molecule has 2 aromatic carbocycles. The van der Waals surface area contributed by atoms with Gasteiger partial charge in [-0.1, -0.05) is 42.5 Å². The van der Waals surface area contributed by atoms with Crippen LogP contribution in [-0.2, 0) is 16.1 Å². The molecule has 0 spiro atoms. The van der Waals surface area contributed by atoms with Gasteiger partial charge in [-0.05, 0) is 17.7 Å². The Labute approximate surface area is 175 Å². The van der Waals surface area contributed by atoms with Crippen molar-refractivity contribution in [3.05, 3.63) is 76.2 Å². The Morgan fingerprint density at radius 3 is 2.57 bits per heavy atom. The van der Waals surface area contributed by atoms with Crippen molar-refractivity contribution in [2.75, 3.05) is 13.7 Å². The summed E-state index contributed by atoms with van der Waals surface area (Å²) >= 11 is 1.37. The zero-order valence-electron chi connectivity index (χ0n) is 16.1. The largest absolute Gasteiger partial charge is 0.493 e. The van der Waals surface area contributed by atoms with Gasteiger partial charge in [0.25, 0.3) is 5.56 Å². The number of fused-ring (bicyclic) bond motifs is 1. The van der Waals surface area contributed by atoms with E-state index in [1.807, 2.05) is 35.7 Å². The summed E-state index contributed by atoms with van der Waals surface area (Å²) in [6.07, 6.45) is 0. The van der Waals surface area contributed by atoms with Gasteiger partial charge in [-0.15, -0.1) is 11.3 Å². The smallest absolute Gasteiger partial charge is 0.344 e. The number of thiophene rings is 1. The van der Waals surface area contributed by atoms with Crippen LogP contribution in [0.1, 0.15) is 5.82 Å². The number of methoxy groups -OCH3 is 1. The fourth-order valence-electron chi connectivity index (χ4n) is 2.96. The number of carbonyl (C=O) groups excluding carboxylic acids is 1. The van der Waals surface area contributed by atoms with E-state index in [4.69, 9.17) is 14.2 Å². The van der Waals surface area contributed by atoms with E-state index < -0.39 is 5.97 Å². The molecule has 0 aliphatic carbocycles. The summed E-state index contributed by atoms with van der Waals surface area (Å²) < 4.78 is 15.8. The maximum absolute atomic E-state index is 12.6. The van der Waals surface area contributed by atoms with Crippen LogP contribution in [0.15, 0.2) is 64.8 Å². The minimum absolute atomic E-state index is 0.155. The van der Waals surface area contributed by atoms with Crippen molar-refractivity contribution in [1.82, 2.24) is 9.97 Å². The van der Waals surface area contributed by atoms with Crippen LogP contribution in [0.4, 0.5) is 0 Å². The second-order valence-corrected chi connectivity index (χ2v) is 7.17. The molecular formula is C22H18N2O5S. The molecule has 2 heterocycles. The average Bonchev–Trinajstić information content (AvgIpc) is 3.21. The van der Waals surface area contributed by atoms with Gasteiger partial charge in [0, 0.05) is 10.9 Å². The number of ether oxygens (including phenoxy) is 3. The van der Waals surface area contributed by atoms with Crippen LogP contribution in [-0.4, -0.2) is 29.7 Å². The standard InChI is InChI=1S/C22H18N2O5S/c1-27-16-9-5-6-10-17(16)28-12-19(25)29-11-18-23-21(26)20-15(13-30-22(20)24-18)14-7-3-2-4-8-14/h2-10,13H,11-12H2,1H3,(H,23,24,26). The van der Waals surface area contributed by atoms with Crippen molar-refractivity contribution in [2.45, 2.75) is 6.61 Å². The second-order valence-electron chi connectivity index (χ2n) is 6.31. The molecule has 0 saturated heterocycles. The zero-order valence-corrected chi connectivity index (χ0v) is 16.9. The molecule has 0 radical (unpaired) electrons. The Morgan fingerprint density at radius 2 is 1.80 bits per heavy atom. The van der Waals surface area contributed by atoms with Gasteiger partial charge in [0.1, 0.15) is 17.3 Å². The average molecular weight is 422 g/mol. The number of H-pyrrole nitrogens is 1. The summed E-state index contributed by atoms with van der Waals surface area (Å²) in [6, 6.07) is 16.6. The number of hydrogen-bond donors (Lipinski definition) is 1. The number of para-hydroxylation sites is 2. The predicted octanol–water partition coefficient (Wildman–Crippen LogP) is 3.78. The van der Waals surface area contributed by atoms with Gasteiger partial charge in [0.05, 0.1) is 12.5 Å². The van der Waals surface area contributed by atoms with E-state index in [2.05, 4.69) is 9.97 Å². The van der Waals surface area contributed by atoms with E-state index in [1.165, 1.54) is 18.4 Å². The van der Waals surface area contributed by atoms with Crippen LogP contribution >= 0.6 is 11.3 Å². The highest BCUT2D eigenvalue weighted by Gasteiger charge is 2.14. The van der Waals surface area contributed by atoms with E-state index in [0.717, 1.165) is 11.1 Å². The SMILES string of the molecule is COc1ccccc1OCC(=O)OCc1nc2scc(-c3ccccc3)c2c(=O)[nH]1. The van der Waals surface area contributed by atoms with Crippen LogP contribution in [0.5, 0.6) is 11.5 Å². The molecule has 0 amide bonds. The molecule has 0 bridgehead atoms. The first-order valence-electron chi connectivity index (χ1n) is 9.13. The number of carbonyl (C=O) groups is 1. The van der Waals surface area contributed by atoms with Gasteiger partial charge in [-0.2, -0.15) is 0 Å². The molecule has 4 aromatic rings. The van der Waals surface area contributed by atoms with Crippen molar-refractivity contribution >= 4 is 27.5 Å². The summed E-state index contributed by atoms with van der Waals surface area (Å²) in [7, 11) is 1.52. The van der Waals surface area contributed by atoms with Gasteiger partial charge >= 0.3 is 5.97 Å². The Balaban J connectivity index is 1.43. The molecule has 0 aliphatic rings. The molecule has 4 rings (SSSR count). The maximum atomic E-state index is 12.6. The Kier molecular flexibility index (Phi) is 5.76. The highest BCUT2D eigenvalue weighted by Crippen LogP contribution is 2.30. The summed E-state index contributed by atoms with van der Waals surface area (Å²) in [5, 5.41) is 2.43. The molecule has 2 aromatic heterocycles. The Bertz CT molecular complexity index is 1230. The fraction of sp³-hybridized carbons (Fsp3) is 0.136. The minimum Gasteiger partial charge on any atom is -0.493 e. The second kappa shape index (κ2) is 8.79. The highest BCUT2D eigenvalue weighted by atomic mass is 32.1. The van der Waals surface area contributed by atoms with E-state index in [1.54, 1.807) is 24.3 Å². The predicted molar refractivity (Wildman–Crippen MR) is 114 cm³/mol. The molecule has 7 nitrogen and oxygen atoms in total. The Hall–Kier alpha value is -3.65. The van der Waals surface area contributed by atoms with Crippen LogP contribution in [0, 0.1) is 0 Å². The number of aromatic nitrogens is 2. The van der Waals surface area contributed by atoms with Crippen LogP contribution in [0.25, 0.3) is 21.3 Å². The molecule has 0 atom stereocenters. The topological polar surface area (TPSA) is 90.5 Å². The monoisotopic (exact) mass is 422 g/mol. The first kappa shape index (κ1) is 19.7. The number of benzene rings is 2. The van der Waals surface area contributed by atoms with Crippen LogP contribution in [0.2, 0.25) is 0 Å². The highest BCUT2D eigenvalue weighted by molar-refractivity contribution is 7.17. The van der Waals surface area contributed by atoms with Crippen molar-refractivity contribution in [1.29, 1.82) is 0 Å². The molecule has 0 unspecified atom stereocenters. The molecule has 152 valence electrons. The molecule has 0 fully saturated rings. The lowest BCUT2D eigenvalue weighted by Crippen LogP contribution is -2.18. The normalized spacial score (nSPS) is 10.7. The van der Waals surface area contributed by atoms with Crippen molar-refractivity contribution < 1.29 is 19.0 Å². The number of hydrogen-bond acceptors (Lipinski definition) is 7. The number of nitrogens with one attached hydrogen (secondary N) is 1. The molecule has 8 heteroatoms. The number of aromatic amines is 1. The lowest BCUT2D eigenvalue weighted by molar-refractivity contribution is -0.147.